The van der Waals surface area contributed by atoms with Gasteiger partial charge in [0.15, 0.2) is 0 Å². The predicted octanol–water partition coefficient (Wildman–Crippen LogP) is 1.36. The molecular weight excluding hydrogens is 261 g/mol. The van der Waals surface area contributed by atoms with Crippen LogP contribution in [0.2, 0.25) is 0 Å². The number of nitrogens with zero attached hydrogens (tertiary/aromatic N) is 1. The molecule has 2 saturated heterocycles. The molecule has 2 atom stereocenters. The molecule has 6 nitrogen and oxygen atoms in total. The van der Waals surface area contributed by atoms with Gasteiger partial charge in [-0.15, -0.1) is 0 Å². The fourth-order valence-electron chi connectivity index (χ4n) is 1.51. The van der Waals surface area contributed by atoms with Gasteiger partial charge in [0.2, 0.25) is 0 Å². The van der Waals surface area contributed by atoms with Crippen molar-refractivity contribution in [1.82, 2.24) is 4.90 Å². The Kier molecular flexibility index (Phi) is 7.93. The van der Waals surface area contributed by atoms with Crippen LogP contribution in [0.3, 0.4) is 0 Å². The van der Waals surface area contributed by atoms with Gasteiger partial charge in [0.25, 0.3) is 0 Å². The number of fused-ring (bicyclic) bond motifs is 1. The average Bonchev–Trinajstić information content (AvgIpc) is 2.98. The van der Waals surface area contributed by atoms with Crippen LogP contribution in [0.25, 0.3) is 0 Å². The molecule has 2 fully saturated rings. The first-order valence-corrected chi connectivity index (χ1v) is 6.59. The molecule has 2 aliphatic rings. The van der Waals surface area contributed by atoms with E-state index in [9.17, 15) is 4.79 Å². The number of hydrogen-bond donors (Lipinski definition) is 1. The standard InChI is InChI=1S/C9H15NO3.C2HBO2.C2H6/c1-9(2,3)13-8(11)10-4-6-7(5-10)12-6;4-2-1-3-5;1-2/h6-7H,4-5H2,1-3H3;4H;1-2H3. The Morgan fingerprint density at radius 3 is 2.15 bits per heavy atom. The van der Waals surface area contributed by atoms with Crippen molar-refractivity contribution >= 4 is 13.2 Å². The second-order valence-electron chi connectivity index (χ2n) is 4.97. The van der Waals surface area contributed by atoms with E-state index in [2.05, 4.69) is 0 Å². The molecule has 1 N–H and O–H groups in total. The number of aliphatic hydroxyl groups is 1. The predicted molar refractivity (Wildman–Crippen MR) is 74.0 cm³/mol. The Hall–Kier alpha value is -1.55. The van der Waals surface area contributed by atoms with Gasteiger partial charge in [0.1, 0.15) is 17.8 Å². The zero-order valence-corrected chi connectivity index (χ0v) is 12.7. The number of amides is 1. The number of carbonyl (C=O) groups excluding carboxylic acids is 1. The topological polar surface area (TPSA) is 79.4 Å². The van der Waals surface area contributed by atoms with Crippen molar-refractivity contribution in [3.8, 4) is 11.9 Å². The number of ether oxygens (including phenoxy) is 2. The van der Waals surface area contributed by atoms with Gasteiger partial charge in [-0.25, -0.2) is 4.79 Å². The summed E-state index contributed by atoms with van der Waals surface area (Å²) < 4.78 is 19.5. The molecule has 0 bridgehead atoms. The average molecular weight is 283 g/mol. The number of morpholine rings is 1. The molecule has 0 aromatic heterocycles. The van der Waals surface area contributed by atoms with E-state index in [0.29, 0.717) is 20.2 Å². The number of likely N-dealkylation sites (tertiary alicyclic amines) is 1. The summed E-state index contributed by atoms with van der Waals surface area (Å²) in [6.07, 6.45) is 1.75. The summed E-state index contributed by atoms with van der Waals surface area (Å²) >= 11 is 0. The third-order valence-electron chi connectivity index (χ3n) is 2.26. The molecule has 112 valence electrons. The van der Waals surface area contributed by atoms with Crippen LogP contribution in [0.15, 0.2) is 0 Å². The van der Waals surface area contributed by atoms with Gasteiger partial charge in [-0.05, 0) is 20.8 Å². The Labute approximate surface area is 120 Å². The van der Waals surface area contributed by atoms with Crippen LogP contribution >= 0.6 is 0 Å². The summed E-state index contributed by atoms with van der Waals surface area (Å²) in [6, 6.07) is 0. The van der Waals surface area contributed by atoms with Crippen molar-refractivity contribution in [1.29, 1.82) is 0 Å². The molecule has 20 heavy (non-hydrogen) atoms. The van der Waals surface area contributed by atoms with Crippen molar-refractivity contribution in [2.75, 3.05) is 13.1 Å². The number of carbonyl (C=O) groups is 1. The van der Waals surface area contributed by atoms with Crippen LogP contribution in [-0.4, -0.2) is 54.1 Å². The summed E-state index contributed by atoms with van der Waals surface area (Å²) in [6.45, 7) is 11.0. The van der Waals surface area contributed by atoms with Gasteiger partial charge in [0, 0.05) is 0 Å². The SMILES string of the molecule is CC.CC(C)(C)OC(=O)N1CC2OC2C1.O=BC#CO. The van der Waals surface area contributed by atoms with Crippen molar-refractivity contribution in [3.63, 3.8) is 0 Å². The molecule has 1 amide bonds. The Balaban J connectivity index is 0.000000441. The molecule has 2 unspecified atom stereocenters. The van der Waals surface area contributed by atoms with Crippen molar-refractivity contribution in [3.05, 3.63) is 0 Å². The molecule has 0 radical (unpaired) electrons. The Morgan fingerprint density at radius 2 is 1.85 bits per heavy atom. The molecule has 0 aromatic rings. The first kappa shape index (κ1) is 18.5. The zero-order valence-electron chi connectivity index (χ0n) is 12.7. The van der Waals surface area contributed by atoms with Crippen molar-refractivity contribution < 1.29 is 24.1 Å². The van der Waals surface area contributed by atoms with Crippen LogP contribution in [0.5, 0.6) is 0 Å². The van der Waals surface area contributed by atoms with E-state index in [1.807, 2.05) is 34.6 Å². The minimum atomic E-state index is -0.398. The van der Waals surface area contributed by atoms with E-state index in [-0.39, 0.29) is 18.3 Å². The van der Waals surface area contributed by atoms with E-state index >= 15 is 0 Å². The number of aliphatic hydroxyl groups excluding tert-OH is 1. The first-order valence-electron chi connectivity index (χ1n) is 6.59. The normalized spacial score (nSPS) is 21.6. The van der Waals surface area contributed by atoms with E-state index in [1.165, 1.54) is 6.11 Å². The molecule has 0 aliphatic carbocycles. The van der Waals surface area contributed by atoms with Crippen LogP contribution in [0.4, 0.5) is 4.79 Å². The summed E-state index contributed by atoms with van der Waals surface area (Å²) in [5.74, 6) is 1.74. The fourth-order valence-corrected chi connectivity index (χ4v) is 1.51. The minimum absolute atomic E-state index is 0.219. The molecule has 7 heteroatoms. The quantitative estimate of drug-likeness (QED) is 0.412. The number of rotatable bonds is 0. The van der Waals surface area contributed by atoms with Crippen LogP contribution in [0.1, 0.15) is 34.6 Å². The van der Waals surface area contributed by atoms with Gasteiger partial charge in [-0.2, -0.15) is 0 Å². The van der Waals surface area contributed by atoms with Gasteiger partial charge in [0.05, 0.1) is 13.1 Å². The van der Waals surface area contributed by atoms with E-state index in [1.54, 1.807) is 10.7 Å². The third-order valence-corrected chi connectivity index (χ3v) is 2.26. The van der Waals surface area contributed by atoms with Crippen LogP contribution in [-0.2, 0) is 14.2 Å². The molecule has 0 saturated carbocycles. The Morgan fingerprint density at radius 1 is 1.35 bits per heavy atom. The van der Waals surface area contributed by atoms with E-state index in [0.717, 1.165) is 0 Å². The van der Waals surface area contributed by atoms with Gasteiger partial charge >= 0.3 is 35.0 Å². The summed E-state index contributed by atoms with van der Waals surface area (Å²) in [5.41, 5.74) is -0.398. The van der Waals surface area contributed by atoms with Crippen molar-refractivity contribution in [2.45, 2.75) is 52.4 Å². The summed E-state index contributed by atoms with van der Waals surface area (Å²) in [7, 11) is 0.319. The van der Waals surface area contributed by atoms with Crippen LogP contribution in [0, 0.1) is 11.9 Å². The first-order chi connectivity index (χ1) is 9.37. The molecular formula is C13H22BNO5. The number of epoxide rings is 1. The second kappa shape index (κ2) is 8.59. The maximum atomic E-state index is 11.5. The third kappa shape index (κ3) is 7.14. The summed E-state index contributed by atoms with van der Waals surface area (Å²) in [5, 5.41) is 7.47. The van der Waals surface area contributed by atoms with Gasteiger partial charge in [-0.3, -0.25) is 0 Å². The summed E-state index contributed by atoms with van der Waals surface area (Å²) in [4.78, 5) is 13.2. The molecule has 2 aliphatic heterocycles. The molecule has 2 rings (SSSR count). The monoisotopic (exact) mass is 283 g/mol. The second-order valence-corrected chi connectivity index (χ2v) is 4.97. The fraction of sp³-hybridized carbons (Fsp3) is 0.769. The molecule has 0 aromatic carbocycles. The maximum absolute atomic E-state index is 11.5. The van der Waals surface area contributed by atoms with Crippen molar-refractivity contribution in [2.24, 2.45) is 0 Å². The molecule has 0 spiro atoms. The molecule has 2 heterocycles. The van der Waals surface area contributed by atoms with Gasteiger partial charge in [-0.1, -0.05) is 13.8 Å². The van der Waals surface area contributed by atoms with Gasteiger partial charge < -0.3 is 14.4 Å². The number of hydrogen-bond acceptors (Lipinski definition) is 5. The van der Waals surface area contributed by atoms with Crippen LogP contribution < -0.4 is 0 Å². The van der Waals surface area contributed by atoms with E-state index < -0.39 is 5.60 Å². The Bertz CT molecular complexity index is 372. The zero-order chi connectivity index (χ0) is 15.8. The van der Waals surface area contributed by atoms with E-state index in [4.69, 9.17) is 19.3 Å².